The minimum absolute atomic E-state index is 0.0397. The van der Waals surface area contributed by atoms with Gasteiger partial charge in [0.1, 0.15) is 17.8 Å². The Bertz CT molecular complexity index is 759. The Labute approximate surface area is 159 Å². The summed E-state index contributed by atoms with van der Waals surface area (Å²) in [6.07, 6.45) is 2.21. The predicted octanol–water partition coefficient (Wildman–Crippen LogP) is 2.77. The van der Waals surface area contributed by atoms with Gasteiger partial charge in [-0.25, -0.2) is 4.79 Å². The molecule has 3 rings (SSSR count). The van der Waals surface area contributed by atoms with Gasteiger partial charge in [0.2, 0.25) is 5.91 Å². The number of anilines is 1. The van der Waals surface area contributed by atoms with Crippen molar-refractivity contribution in [2.24, 2.45) is 11.3 Å². The molecule has 0 unspecified atom stereocenters. The zero-order valence-electron chi connectivity index (χ0n) is 16.3. The Morgan fingerprint density at radius 1 is 1.26 bits per heavy atom. The lowest BCUT2D eigenvalue weighted by molar-refractivity contribution is -0.136. The smallest absolute Gasteiger partial charge is 0.325 e. The van der Waals surface area contributed by atoms with Gasteiger partial charge in [-0.15, -0.1) is 0 Å². The molecule has 7 heteroatoms. The fourth-order valence-corrected chi connectivity index (χ4v) is 4.67. The van der Waals surface area contributed by atoms with Gasteiger partial charge in [0.25, 0.3) is 5.91 Å². The summed E-state index contributed by atoms with van der Waals surface area (Å²) in [4.78, 5) is 38.9. The van der Waals surface area contributed by atoms with Crippen molar-refractivity contribution < 1.29 is 19.1 Å². The molecule has 1 spiro atoms. The number of imide groups is 1. The highest BCUT2D eigenvalue weighted by Gasteiger charge is 2.56. The maximum Gasteiger partial charge on any atom is 0.325 e. The lowest BCUT2D eigenvalue weighted by Crippen LogP contribution is -2.54. The van der Waals surface area contributed by atoms with Crippen molar-refractivity contribution in [2.75, 3.05) is 19.0 Å². The number of nitrogens with zero attached hydrogens (tertiary/aromatic N) is 1. The summed E-state index contributed by atoms with van der Waals surface area (Å²) in [6, 6.07) is 6.37. The highest BCUT2D eigenvalue weighted by Crippen LogP contribution is 2.46. The molecule has 1 aromatic carbocycles. The van der Waals surface area contributed by atoms with Gasteiger partial charge in [0.15, 0.2) is 0 Å². The number of amides is 4. The monoisotopic (exact) mass is 373 g/mol. The summed E-state index contributed by atoms with van der Waals surface area (Å²) >= 11 is 0. The topological polar surface area (TPSA) is 87.7 Å². The maximum atomic E-state index is 13.0. The molecule has 146 valence electrons. The second-order valence-corrected chi connectivity index (χ2v) is 8.53. The third-order valence-electron chi connectivity index (χ3n) is 5.30. The number of hydrogen-bond acceptors (Lipinski definition) is 4. The largest absolute Gasteiger partial charge is 0.497 e. The molecule has 0 radical (unpaired) electrons. The molecule has 2 aliphatic rings. The van der Waals surface area contributed by atoms with Crippen molar-refractivity contribution in [2.45, 2.75) is 45.6 Å². The molecule has 1 aliphatic heterocycles. The van der Waals surface area contributed by atoms with Crippen LogP contribution in [0, 0.1) is 11.3 Å². The van der Waals surface area contributed by atoms with Gasteiger partial charge < -0.3 is 15.4 Å². The molecular formula is C20H27N3O4. The lowest BCUT2D eigenvalue weighted by atomic mass is 9.64. The van der Waals surface area contributed by atoms with Crippen LogP contribution < -0.4 is 15.4 Å². The molecule has 1 aromatic rings. The molecule has 1 saturated carbocycles. The molecule has 2 fully saturated rings. The second kappa shape index (κ2) is 6.87. The molecule has 7 nitrogen and oxygen atoms in total. The van der Waals surface area contributed by atoms with Crippen LogP contribution in [0.3, 0.4) is 0 Å². The molecule has 2 atom stereocenters. The number of methoxy groups -OCH3 is 1. The van der Waals surface area contributed by atoms with E-state index >= 15 is 0 Å². The highest BCUT2D eigenvalue weighted by molar-refractivity contribution is 6.10. The number of rotatable bonds is 4. The van der Waals surface area contributed by atoms with Crippen molar-refractivity contribution in [3.05, 3.63) is 24.3 Å². The number of benzene rings is 1. The van der Waals surface area contributed by atoms with Crippen LogP contribution in [-0.2, 0) is 9.59 Å². The number of hydrogen-bond donors (Lipinski definition) is 2. The Morgan fingerprint density at radius 2 is 1.93 bits per heavy atom. The Hall–Kier alpha value is -2.57. The van der Waals surface area contributed by atoms with Crippen molar-refractivity contribution >= 4 is 23.5 Å². The van der Waals surface area contributed by atoms with Gasteiger partial charge in [0.05, 0.1) is 7.11 Å². The van der Waals surface area contributed by atoms with Gasteiger partial charge in [0, 0.05) is 5.69 Å². The lowest BCUT2D eigenvalue weighted by Gasteiger charge is -2.43. The van der Waals surface area contributed by atoms with E-state index in [1.165, 1.54) is 0 Å². The predicted molar refractivity (Wildman–Crippen MR) is 101 cm³/mol. The summed E-state index contributed by atoms with van der Waals surface area (Å²) in [5.41, 5.74) is -0.351. The molecule has 1 saturated heterocycles. The van der Waals surface area contributed by atoms with E-state index in [1.807, 2.05) is 0 Å². The Morgan fingerprint density at radius 3 is 2.52 bits per heavy atom. The van der Waals surface area contributed by atoms with E-state index < -0.39 is 17.5 Å². The van der Waals surface area contributed by atoms with Crippen molar-refractivity contribution in [3.8, 4) is 5.75 Å². The minimum Gasteiger partial charge on any atom is -0.497 e. The molecule has 1 heterocycles. The molecule has 0 aromatic heterocycles. The average molecular weight is 373 g/mol. The van der Waals surface area contributed by atoms with E-state index in [4.69, 9.17) is 4.74 Å². The number of urea groups is 1. The fraction of sp³-hybridized carbons (Fsp3) is 0.550. The Balaban J connectivity index is 1.69. The third kappa shape index (κ3) is 3.91. The minimum atomic E-state index is -0.890. The van der Waals surface area contributed by atoms with E-state index in [1.54, 1.807) is 31.4 Å². The summed E-state index contributed by atoms with van der Waals surface area (Å²) in [7, 11) is 1.56. The van der Waals surface area contributed by atoms with Gasteiger partial charge >= 0.3 is 6.03 Å². The van der Waals surface area contributed by atoms with Crippen LogP contribution in [0.15, 0.2) is 24.3 Å². The number of carbonyl (C=O) groups excluding carboxylic acids is 3. The van der Waals surface area contributed by atoms with Gasteiger partial charge in [-0.1, -0.05) is 20.8 Å². The van der Waals surface area contributed by atoms with Crippen molar-refractivity contribution in [1.82, 2.24) is 10.2 Å². The molecule has 4 amide bonds. The first-order valence-electron chi connectivity index (χ1n) is 9.22. The van der Waals surface area contributed by atoms with Crippen LogP contribution in [0.5, 0.6) is 5.75 Å². The van der Waals surface area contributed by atoms with Crippen molar-refractivity contribution in [1.29, 1.82) is 0 Å². The van der Waals surface area contributed by atoms with Crippen LogP contribution in [0.2, 0.25) is 0 Å². The summed E-state index contributed by atoms with van der Waals surface area (Å²) in [6.45, 7) is 6.03. The first-order valence-corrected chi connectivity index (χ1v) is 9.22. The summed E-state index contributed by atoms with van der Waals surface area (Å²) in [5, 5.41) is 5.59. The number of carbonyl (C=O) groups is 3. The molecule has 2 N–H and O–H groups in total. The standard InChI is InChI=1S/C20H27N3O4/c1-13-9-19(2,3)12-20(10-13)17(25)23(18(26)22-20)11-16(24)21-14-5-7-15(27-4)8-6-14/h5-8,13H,9-12H2,1-4H3,(H,21,24)(H,22,26)/t13-,20-/m1/s1. The van der Waals surface area contributed by atoms with Crippen LogP contribution in [0.4, 0.5) is 10.5 Å². The van der Waals surface area contributed by atoms with E-state index in [0.29, 0.717) is 30.2 Å². The quantitative estimate of drug-likeness (QED) is 0.795. The zero-order chi connectivity index (χ0) is 19.8. The SMILES string of the molecule is COc1ccc(NC(=O)CN2C(=O)N[C@@]3(C[C@H](C)CC(C)(C)C3)C2=O)cc1. The summed E-state index contributed by atoms with van der Waals surface area (Å²) in [5.74, 6) is 0.296. The van der Waals surface area contributed by atoms with Gasteiger partial charge in [-0.05, 0) is 54.9 Å². The van der Waals surface area contributed by atoms with E-state index in [9.17, 15) is 14.4 Å². The maximum absolute atomic E-state index is 13.0. The van der Waals surface area contributed by atoms with E-state index in [0.717, 1.165) is 11.3 Å². The van der Waals surface area contributed by atoms with Crippen LogP contribution in [0.1, 0.15) is 40.0 Å². The Kier molecular flexibility index (Phi) is 4.88. The highest BCUT2D eigenvalue weighted by atomic mass is 16.5. The van der Waals surface area contributed by atoms with Gasteiger partial charge in [-0.2, -0.15) is 0 Å². The third-order valence-corrected chi connectivity index (χ3v) is 5.30. The second-order valence-electron chi connectivity index (χ2n) is 8.53. The van der Waals surface area contributed by atoms with Crippen LogP contribution >= 0.6 is 0 Å². The number of ether oxygens (including phenoxy) is 1. The first-order chi connectivity index (χ1) is 12.6. The van der Waals surface area contributed by atoms with Gasteiger partial charge in [-0.3, -0.25) is 14.5 Å². The fourth-order valence-electron chi connectivity index (χ4n) is 4.67. The van der Waals surface area contributed by atoms with Crippen LogP contribution in [-0.4, -0.2) is 41.9 Å². The zero-order valence-corrected chi connectivity index (χ0v) is 16.3. The molecular weight excluding hydrogens is 346 g/mol. The molecule has 0 bridgehead atoms. The van der Waals surface area contributed by atoms with Crippen LogP contribution in [0.25, 0.3) is 0 Å². The average Bonchev–Trinajstić information content (AvgIpc) is 2.77. The summed E-state index contributed by atoms with van der Waals surface area (Å²) < 4.78 is 5.08. The molecule has 1 aliphatic carbocycles. The van der Waals surface area contributed by atoms with E-state index in [-0.39, 0.29) is 17.9 Å². The normalized spacial score (nSPS) is 26.8. The molecule has 27 heavy (non-hydrogen) atoms. The van der Waals surface area contributed by atoms with Crippen molar-refractivity contribution in [3.63, 3.8) is 0 Å². The first kappa shape index (κ1) is 19.2. The van der Waals surface area contributed by atoms with E-state index in [2.05, 4.69) is 31.4 Å². The number of nitrogens with one attached hydrogen (secondary N) is 2.